The molecule has 5 nitrogen and oxygen atoms in total. The van der Waals surface area contributed by atoms with Gasteiger partial charge in [0.1, 0.15) is 0 Å². The summed E-state index contributed by atoms with van der Waals surface area (Å²) in [5.74, 6) is -0.0102. The first-order valence-electron chi connectivity index (χ1n) is 6.22. The summed E-state index contributed by atoms with van der Waals surface area (Å²) in [6.07, 6.45) is 1.51. The molecule has 0 radical (unpaired) electrons. The monoisotopic (exact) mass is 285 g/mol. The van der Waals surface area contributed by atoms with E-state index in [0.29, 0.717) is 30.7 Å². The number of carbonyl (C=O) groups excluding carboxylic acids is 1. The molecule has 1 fully saturated rings. The molecule has 1 amide bonds. The Bertz CT molecular complexity index is 505. The fourth-order valence-corrected chi connectivity index (χ4v) is 2.47. The molecule has 0 aliphatic carbocycles. The summed E-state index contributed by atoms with van der Waals surface area (Å²) in [6.45, 7) is 7.31. The van der Waals surface area contributed by atoms with Crippen LogP contribution in [0.4, 0.5) is 0 Å². The van der Waals surface area contributed by atoms with Crippen LogP contribution in [0.25, 0.3) is 0 Å². The van der Waals surface area contributed by atoms with E-state index in [1.54, 1.807) is 6.92 Å². The molecule has 1 aromatic heterocycles. The fraction of sp³-hybridized carbons (Fsp3) is 0.538. The predicted octanol–water partition coefficient (Wildman–Crippen LogP) is 0.928. The normalized spacial score (nSPS) is 22.8. The predicted molar refractivity (Wildman–Crippen MR) is 77.0 cm³/mol. The minimum absolute atomic E-state index is 0. The van der Waals surface area contributed by atoms with E-state index in [2.05, 4.69) is 24.1 Å². The highest BCUT2D eigenvalue weighted by Crippen LogP contribution is 2.11. The number of carbonyl (C=O) groups is 1. The third-order valence-corrected chi connectivity index (χ3v) is 3.21. The molecular formula is C13H20ClN3O2. The lowest BCUT2D eigenvalue weighted by molar-refractivity contribution is 0.0672. The van der Waals surface area contributed by atoms with E-state index in [4.69, 9.17) is 0 Å². The summed E-state index contributed by atoms with van der Waals surface area (Å²) in [7, 11) is 0. The summed E-state index contributed by atoms with van der Waals surface area (Å²) in [6, 6.07) is 2.05. The van der Waals surface area contributed by atoms with E-state index in [-0.39, 0.29) is 23.9 Å². The molecule has 0 spiro atoms. The molecule has 0 saturated carbocycles. The second kappa shape index (κ2) is 6.21. The minimum Gasteiger partial charge on any atom is -0.335 e. The maximum atomic E-state index is 12.4. The average Bonchev–Trinajstić information content (AvgIpc) is 2.26. The van der Waals surface area contributed by atoms with Gasteiger partial charge in [0.25, 0.3) is 5.91 Å². The Kier molecular flexibility index (Phi) is 5.14. The highest BCUT2D eigenvalue weighted by molar-refractivity contribution is 5.95. The lowest BCUT2D eigenvalue weighted by Gasteiger charge is -2.36. The Morgan fingerprint density at radius 2 is 1.89 bits per heavy atom. The smallest absolute Gasteiger partial charge is 0.255 e. The van der Waals surface area contributed by atoms with E-state index >= 15 is 0 Å². The summed E-state index contributed by atoms with van der Waals surface area (Å²) < 4.78 is 0. The Balaban J connectivity index is 0.00000180. The van der Waals surface area contributed by atoms with Crippen molar-refractivity contribution >= 4 is 18.3 Å². The van der Waals surface area contributed by atoms with Gasteiger partial charge in [0.05, 0.1) is 5.56 Å². The molecule has 106 valence electrons. The van der Waals surface area contributed by atoms with Crippen LogP contribution in [0.3, 0.4) is 0 Å². The molecule has 2 rings (SSSR count). The van der Waals surface area contributed by atoms with Gasteiger partial charge >= 0.3 is 0 Å². The number of hydrogen-bond acceptors (Lipinski definition) is 3. The fourth-order valence-electron chi connectivity index (χ4n) is 2.47. The molecule has 2 N–H and O–H groups in total. The summed E-state index contributed by atoms with van der Waals surface area (Å²) in [5.41, 5.74) is 1.13. The molecular weight excluding hydrogens is 266 g/mol. The standard InChI is InChI=1S/C13H19N3O2.ClH/c1-8-4-12(17)14-5-11(8)13(18)16-6-9(2)15-10(3)7-16;/h4-5,9-10,15H,6-7H2,1-3H3,(H,14,17);1H. The van der Waals surface area contributed by atoms with E-state index < -0.39 is 0 Å². The lowest BCUT2D eigenvalue weighted by atomic mass is 10.1. The molecule has 1 aromatic rings. The number of halogens is 1. The number of aryl methyl sites for hydroxylation is 1. The molecule has 0 bridgehead atoms. The molecule has 2 atom stereocenters. The number of aromatic amines is 1. The lowest BCUT2D eigenvalue weighted by Crippen LogP contribution is -2.55. The van der Waals surface area contributed by atoms with Crippen LogP contribution in [0.15, 0.2) is 17.1 Å². The van der Waals surface area contributed by atoms with Gasteiger partial charge in [-0.05, 0) is 26.3 Å². The van der Waals surface area contributed by atoms with E-state index in [9.17, 15) is 9.59 Å². The number of nitrogens with zero attached hydrogens (tertiary/aromatic N) is 1. The highest BCUT2D eigenvalue weighted by atomic mass is 35.5. The first-order valence-corrected chi connectivity index (χ1v) is 6.22. The van der Waals surface area contributed by atoms with Gasteiger partial charge in [-0.15, -0.1) is 12.4 Å². The number of H-pyrrole nitrogens is 1. The Morgan fingerprint density at radius 1 is 1.32 bits per heavy atom. The van der Waals surface area contributed by atoms with E-state index in [1.165, 1.54) is 12.3 Å². The summed E-state index contributed by atoms with van der Waals surface area (Å²) in [5, 5.41) is 3.39. The number of nitrogens with one attached hydrogen (secondary N) is 2. The third kappa shape index (κ3) is 3.58. The van der Waals surface area contributed by atoms with Crippen LogP contribution in [-0.2, 0) is 0 Å². The van der Waals surface area contributed by atoms with Crippen molar-refractivity contribution < 1.29 is 4.79 Å². The minimum atomic E-state index is -0.175. The third-order valence-electron chi connectivity index (χ3n) is 3.21. The van der Waals surface area contributed by atoms with Crippen LogP contribution in [0.2, 0.25) is 0 Å². The van der Waals surface area contributed by atoms with Gasteiger partial charge < -0.3 is 15.2 Å². The molecule has 6 heteroatoms. The first kappa shape index (κ1) is 15.7. The topological polar surface area (TPSA) is 65.2 Å². The highest BCUT2D eigenvalue weighted by Gasteiger charge is 2.26. The van der Waals surface area contributed by atoms with E-state index in [1.807, 2.05) is 4.90 Å². The van der Waals surface area contributed by atoms with E-state index in [0.717, 1.165) is 5.56 Å². The van der Waals surface area contributed by atoms with Crippen LogP contribution >= 0.6 is 12.4 Å². The Morgan fingerprint density at radius 3 is 2.42 bits per heavy atom. The second-order valence-electron chi connectivity index (χ2n) is 5.07. The zero-order valence-electron chi connectivity index (χ0n) is 11.4. The molecule has 0 aromatic carbocycles. The molecule has 1 aliphatic heterocycles. The Hall–Kier alpha value is -1.33. The van der Waals surface area contributed by atoms with Crippen LogP contribution < -0.4 is 10.9 Å². The largest absolute Gasteiger partial charge is 0.335 e. The van der Waals surface area contributed by atoms with Gasteiger partial charge in [0, 0.05) is 37.4 Å². The first-order chi connectivity index (χ1) is 8.47. The molecule has 2 heterocycles. The number of pyridine rings is 1. The maximum absolute atomic E-state index is 12.4. The van der Waals surface area contributed by atoms with Crippen molar-refractivity contribution in [3.8, 4) is 0 Å². The maximum Gasteiger partial charge on any atom is 0.255 e. The van der Waals surface area contributed by atoms with Crippen molar-refractivity contribution in [3.63, 3.8) is 0 Å². The van der Waals surface area contributed by atoms with Crippen molar-refractivity contribution in [3.05, 3.63) is 33.7 Å². The number of amides is 1. The second-order valence-corrected chi connectivity index (χ2v) is 5.07. The number of aromatic nitrogens is 1. The van der Waals surface area contributed by atoms with Crippen molar-refractivity contribution in [2.75, 3.05) is 13.1 Å². The number of piperazine rings is 1. The molecule has 1 saturated heterocycles. The van der Waals surface area contributed by atoms with Crippen LogP contribution in [0, 0.1) is 6.92 Å². The van der Waals surface area contributed by atoms with Gasteiger partial charge in [-0.2, -0.15) is 0 Å². The van der Waals surface area contributed by atoms with Gasteiger partial charge in [-0.3, -0.25) is 9.59 Å². The van der Waals surface area contributed by atoms with Crippen molar-refractivity contribution in [1.82, 2.24) is 15.2 Å². The van der Waals surface area contributed by atoms with Crippen LogP contribution in [0.1, 0.15) is 29.8 Å². The van der Waals surface area contributed by atoms with Crippen molar-refractivity contribution in [2.24, 2.45) is 0 Å². The molecule has 1 aliphatic rings. The number of rotatable bonds is 1. The zero-order valence-corrected chi connectivity index (χ0v) is 12.2. The zero-order chi connectivity index (χ0) is 13.3. The van der Waals surface area contributed by atoms with Gasteiger partial charge in [0.15, 0.2) is 0 Å². The van der Waals surface area contributed by atoms with Gasteiger partial charge in [-0.25, -0.2) is 0 Å². The van der Waals surface area contributed by atoms with Crippen molar-refractivity contribution in [1.29, 1.82) is 0 Å². The van der Waals surface area contributed by atoms with Gasteiger partial charge in [0.2, 0.25) is 5.56 Å². The SMILES string of the molecule is Cc1cc(=O)[nH]cc1C(=O)N1CC(C)NC(C)C1.Cl. The number of hydrogen-bond donors (Lipinski definition) is 2. The van der Waals surface area contributed by atoms with Crippen molar-refractivity contribution in [2.45, 2.75) is 32.9 Å². The van der Waals surface area contributed by atoms with Gasteiger partial charge in [-0.1, -0.05) is 0 Å². The van der Waals surface area contributed by atoms with Crippen LogP contribution in [0.5, 0.6) is 0 Å². The average molecular weight is 286 g/mol. The molecule has 2 unspecified atom stereocenters. The Labute approximate surface area is 118 Å². The summed E-state index contributed by atoms with van der Waals surface area (Å²) in [4.78, 5) is 28.0. The van der Waals surface area contributed by atoms with Crippen LogP contribution in [-0.4, -0.2) is 41.0 Å². The molecule has 19 heavy (non-hydrogen) atoms. The quantitative estimate of drug-likeness (QED) is 0.807. The summed E-state index contributed by atoms with van der Waals surface area (Å²) >= 11 is 0.